The summed E-state index contributed by atoms with van der Waals surface area (Å²) in [6, 6.07) is 14.1. The summed E-state index contributed by atoms with van der Waals surface area (Å²) in [6.45, 7) is 0. The number of H-pyrrole nitrogens is 2. The number of nitrogens with zero attached hydrogens (tertiary/aromatic N) is 3. The van der Waals surface area contributed by atoms with Gasteiger partial charge in [-0.1, -0.05) is 24.3 Å². The Bertz CT molecular complexity index is 1120. The molecule has 1 amide bonds. The molecule has 1 aromatic carbocycles. The largest absolute Gasteiger partial charge is 0.321 e. The number of rotatable bonds is 3. The van der Waals surface area contributed by atoms with Gasteiger partial charge in [0.2, 0.25) is 5.95 Å². The van der Waals surface area contributed by atoms with Crippen LogP contribution in [0.3, 0.4) is 0 Å². The molecule has 0 fully saturated rings. The van der Waals surface area contributed by atoms with Crippen molar-refractivity contribution in [1.29, 1.82) is 0 Å². The monoisotopic (exact) mass is 332 g/mol. The van der Waals surface area contributed by atoms with Crippen LogP contribution in [-0.2, 0) is 0 Å². The number of amides is 1. The van der Waals surface area contributed by atoms with E-state index in [2.05, 4.69) is 30.5 Å². The maximum absolute atomic E-state index is 12.4. The van der Waals surface area contributed by atoms with Gasteiger partial charge < -0.3 is 4.98 Å². The smallest absolute Gasteiger partial charge is 0.263 e. The van der Waals surface area contributed by atoms with Gasteiger partial charge in [-0.3, -0.25) is 25.0 Å². The third kappa shape index (κ3) is 2.88. The number of hydrogen-bond donors (Lipinski definition) is 3. The molecule has 8 heteroatoms. The van der Waals surface area contributed by atoms with E-state index in [0.717, 1.165) is 5.39 Å². The third-order valence-corrected chi connectivity index (χ3v) is 3.62. The first-order valence-corrected chi connectivity index (χ1v) is 7.48. The SMILES string of the molecule is O=C(Nc1n[nH]c(-c2ccccn2)n1)c1cc2ccccc2[nH]c1=O. The molecule has 0 atom stereocenters. The fourth-order valence-electron chi connectivity index (χ4n) is 2.42. The van der Waals surface area contributed by atoms with Gasteiger partial charge in [-0.05, 0) is 29.7 Å². The van der Waals surface area contributed by atoms with Gasteiger partial charge in [0.05, 0.1) is 0 Å². The van der Waals surface area contributed by atoms with Crippen LogP contribution in [0.1, 0.15) is 10.4 Å². The summed E-state index contributed by atoms with van der Waals surface area (Å²) < 4.78 is 0. The maximum atomic E-state index is 12.4. The van der Waals surface area contributed by atoms with Crippen molar-refractivity contribution in [2.45, 2.75) is 0 Å². The van der Waals surface area contributed by atoms with E-state index in [9.17, 15) is 9.59 Å². The van der Waals surface area contributed by atoms with Crippen molar-refractivity contribution >= 4 is 22.8 Å². The van der Waals surface area contributed by atoms with Gasteiger partial charge in [-0.25, -0.2) is 0 Å². The molecule has 0 aliphatic heterocycles. The molecule has 0 spiro atoms. The first kappa shape index (κ1) is 14.8. The Balaban J connectivity index is 1.61. The van der Waals surface area contributed by atoms with Crippen LogP contribution in [0.4, 0.5) is 5.95 Å². The number of fused-ring (bicyclic) bond motifs is 1. The molecular formula is C17H12N6O2. The van der Waals surface area contributed by atoms with Crippen LogP contribution in [0, 0.1) is 0 Å². The Morgan fingerprint density at radius 3 is 2.76 bits per heavy atom. The van der Waals surface area contributed by atoms with Gasteiger partial charge in [-0.2, -0.15) is 4.98 Å². The summed E-state index contributed by atoms with van der Waals surface area (Å²) in [6.07, 6.45) is 1.63. The van der Waals surface area contributed by atoms with E-state index in [1.807, 2.05) is 24.3 Å². The van der Waals surface area contributed by atoms with Gasteiger partial charge >= 0.3 is 0 Å². The van der Waals surface area contributed by atoms with Gasteiger partial charge in [-0.15, -0.1) is 5.10 Å². The Morgan fingerprint density at radius 1 is 1.08 bits per heavy atom. The molecule has 25 heavy (non-hydrogen) atoms. The number of aromatic nitrogens is 5. The number of hydrogen-bond acceptors (Lipinski definition) is 5. The van der Waals surface area contributed by atoms with Gasteiger partial charge in [0.25, 0.3) is 11.5 Å². The fraction of sp³-hybridized carbons (Fsp3) is 0. The highest BCUT2D eigenvalue weighted by molar-refractivity contribution is 6.04. The second-order valence-corrected chi connectivity index (χ2v) is 5.28. The zero-order valence-corrected chi connectivity index (χ0v) is 12.9. The first-order chi connectivity index (χ1) is 12.2. The van der Waals surface area contributed by atoms with Crippen molar-refractivity contribution in [3.05, 3.63) is 70.6 Å². The summed E-state index contributed by atoms with van der Waals surface area (Å²) in [5, 5.41) is 9.90. The molecule has 0 saturated carbocycles. The van der Waals surface area contributed by atoms with Crippen molar-refractivity contribution in [3.63, 3.8) is 0 Å². The number of para-hydroxylation sites is 1. The number of aromatic amines is 2. The quantitative estimate of drug-likeness (QED) is 0.530. The minimum atomic E-state index is -0.585. The van der Waals surface area contributed by atoms with E-state index in [1.54, 1.807) is 24.4 Å². The summed E-state index contributed by atoms with van der Waals surface area (Å²) in [5.74, 6) is -0.0971. The molecule has 0 bridgehead atoms. The lowest BCUT2D eigenvalue weighted by Gasteiger charge is -2.02. The van der Waals surface area contributed by atoms with Gasteiger partial charge in [0.1, 0.15) is 11.3 Å². The third-order valence-electron chi connectivity index (χ3n) is 3.62. The predicted molar refractivity (Wildman–Crippen MR) is 92.1 cm³/mol. The summed E-state index contributed by atoms with van der Waals surface area (Å²) >= 11 is 0. The number of nitrogens with one attached hydrogen (secondary N) is 3. The fourth-order valence-corrected chi connectivity index (χ4v) is 2.42. The van der Waals surface area contributed by atoms with E-state index >= 15 is 0 Å². The zero-order chi connectivity index (χ0) is 17.2. The highest BCUT2D eigenvalue weighted by atomic mass is 16.2. The molecule has 3 aromatic heterocycles. The van der Waals surface area contributed by atoms with E-state index in [-0.39, 0.29) is 11.5 Å². The van der Waals surface area contributed by atoms with Crippen molar-refractivity contribution in [2.75, 3.05) is 5.32 Å². The average molecular weight is 332 g/mol. The second kappa shape index (κ2) is 6.00. The molecule has 0 aliphatic rings. The molecule has 0 aliphatic carbocycles. The Labute approximate surface area is 141 Å². The number of anilines is 1. The summed E-state index contributed by atoms with van der Waals surface area (Å²) in [7, 11) is 0. The van der Waals surface area contributed by atoms with Crippen LogP contribution in [0.2, 0.25) is 0 Å². The van der Waals surface area contributed by atoms with Crippen LogP contribution in [0.25, 0.3) is 22.4 Å². The van der Waals surface area contributed by atoms with Crippen LogP contribution in [-0.4, -0.2) is 31.1 Å². The Hall–Kier alpha value is -3.81. The van der Waals surface area contributed by atoms with Crippen molar-refractivity contribution < 1.29 is 4.79 Å². The molecule has 4 rings (SSSR count). The van der Waals surface area contributed by atoms with Crippen LogP contribution in [0.15, 0.2) is 59.5 Å². The second-order valence-electron chi connectivity index (χ2n) is 5.28. The Morgan fingerprint density at radius 2 is 1.92 bits per heavy atom. The van der Waals surface area contributed by atoms with E-state index in [4.69, 9.17) is 0 Å². The van der Waals surface area contributed by atoms with Crippen LogP contribution < -0.4 is 10.9 Å². The molecule has 3 N–H and O–H groups in total. The van der Waals surface area contributed by atoms with E-state index in [1.165, 1.54) is 6.07 Å². The average Bonchev–Trinajstić information content (AvgIpc) is 3.10. The van der Waals surface area contributed by atoms with Gasteiger partial charge in [0.15, 0.2) is 5.82 Å². The molecule has 0 unspecified atom stereocenters. The highest BCUT2D eigenvalue weighted by Gasteiger charge is 2.15. The lowest BCUT2D eigenvalue weighted by atomic mass is 10.1. The normalized spacial score (nSPS) is 10.7. The molecular weight excluding hydrogens is 320 g/mol. The van der Waals surface area contributed by atoms with Crippen LogP contribution in [0.5, 0.6) is 0 Å². The topological polar surface area (TPSA) is 116 Å². The first-order valence-electron chi connectivity index (χ1n) is 7.48. The standard InChI is InChI=1S/C17H12N6O2/c24-15-11(9-10-5-1-2-6-12(10)19-15)16(25)21-17-20-14(22-23-17)13-7-3-4-8-18-13/h1-9H,(H,19,24)(H2,20,21,22,23,25). The van der Waals surface area contributed by atoms with Crippen molar-refractivity contribution in [3.8, 4) is 11.5 Å². The van der Waals surface area contributed by atoms with E-state index in [0.29, 0.717) is 17.0 Å². The minimum Gasteiger partial charge on any atom is -0.321 e. The van der Waals surface area contributed by atoms with Crippen molar-refractivity contribution in [2.24, 2.45) is 0 Å². The summed E-state index contributed by atoms with van der Waals surface area (Å²) in [4.78, 5) is 35.5. The lowest BCUT2D eigenvalue weighted by molar-refractivity contribution is 0.102. The minimum absolute atomic E-state index is 0.0112. The number of carbonyl (C=O) groups excluding carboxylic acids is 1. The number of benzene rings is 1. The predicted octanol–water partition coefficient (Wildman–Crippen LogP) is 1.96. The summed E-state index contributed by atoms with van der Waals surface area (Å²) in [5.41, 5.74) is 0.776. The Kier molecular flexibility index (Phi) is 3.55. The molecule has 3 heterocycles. The van der Waals surface area contributed by atoms with Gasteiger partial charge in [0, 0.05) is 11.7 Å². The molecule has 8 nitrogen and oxygen atoms in total. The number of pyridine rings is 2. The zero-order valence-electron chi connectivity index (χ0n) is 12.9. The van der Waals surface area contributed by atoms with Crippen molar-refractivity contribution in [1.82, 2.24) is 25.1 Å². The lowest BCUT2D eigenvalue weighted by Crippen LogP contribution is -2.23. The number of carbonyl (C=O) groups is 1. The van der Waals surface area contributed by atoms with Crippen LogP contribution >= 0.6 is 0 Å². The van der Waals surface area contributed by atoms with E-state index < -0.39 is 11.5 Å². The molecule has 0 saturated heterocycles. The molecule has 4 aromatic rings. The molecule has 122 valence electrons. The molecule has 0 radical (unpaired) electrons. The highest BCUT2D eigenvalue weighted by Crippen LogP contribution is 2.14. The maximum Gasteiger partial charge on any atom is 0.263 e.